The lowest BCUT2D eigenvalue weighted by molar-refractivity contribution is -0.115. The molecule has 0 aromatic rings. The number of likely N-dealkylation sites (N-methyl/N-ethyl adjacent to an activating group) is 1. The Morgan fingerprint density at radius 2 is 2.20 bits per heavy atom. The van der Waals surface area contributed by atoms with E-state index in [0.717, 1.165) is 13.1 Å². The Kier molecular flexibility index (Phi) is 7.75. The van der Waals surface area contributed by atoms with E-state index < -0.39 is 0 Å². The van der Waals surface area contributed by atoms with Crippen LogP contribution in [0.5, 0.6) is 0 Å². The Morgan fingerprint density at radius 3 is 2.67 bits per heavy atom. The molecule has 1 N–H and O–H groups in total. The van der Waals surface area contributed by atoms with Crippen molar-refractivity contribution in [3.63, 3.8) is 0 Å². The number of hydrogen-bond acceptors (Lipinski definition) is 2. The summed E-state index contributed by atoms with van der Waals surface area (Å²) < 4.78 is 0. The van der Waals surface area contributed by atoms with Crippen molar-refractivity contribution in [3.05, 3.63) is 0 Å². The summed E-state index contributed by atoms with van der Waals surface area (Å²) in [6.07, 6.45) is 2.41. The maximum atomic E-state index is 11.0. The molecule has 1 atom stereocenters. The highest BCUT2D eigenvalue weighted by molar-refractivity contribution is 5.93. The van der Waals surface area contributed by atoms with Crippen molar-refractivity contribution in [2.45, 2.75) is 39.7 Å². The van der Waals surface area contributed by atoms with E-state index in [1.807, 2.05) is 13.8 Å². The second kappa shape index (κ2) is 8.31. The molecule has 0 aliphatic carbocycles. The number of rotatable bonds is 2. The van der Waals surface area contributed by atoms with Crippen molar-refractivity contribution >= 4 is 5.91 Å². The predicted octanol–water partition coefficient (Wildman–Crippen LogP) is 1.25. The summed E-state index contributed by atoms with van der Waals surface area (Å²) >= 11 is 0. The topological polar surface area (TPSA) is 32.3 Å². The number of carbonyl (C=O) groups excluding carboxylic acids is 1. The van der Waals surface area contributed by atoms with Gasteiger partial charge >= 0.3 is 0 Å². The van der Waals surface area contributed by atoms with Crippen molar-refractivity contribution in [2.75, 3.05) is 20.1 Å². The summed E-state index contributed by atoms with van der Waals surface area (Å²) in [6.45, 7) is 7.53. The molecule has 0 radical (unpaired) electrons. The smallest absolute Gasteiger partial charge is 0.295 e. The molecule has 0 aromatic heterocycles. The van der Waals surface area contributed by atoms with Crippen LogP contribution < -0.4 is 5.32 Å². The van der Waals surface area contributed by atoms with Crippen molar-refractivity contribution in [1.29, 1.82) is 0 Å². The number of amides is 1. The summed E-state index contributed by atoms with van der Waals surface area (Å²) in [5.74, 6) is 4.88. The first-order valence-electron chi connectivity index (χ1n) is 5.65. The third kappa shape index (κ3) is 5.44. The molecule has 86 valence electrons. The fourth-order valence-electron chi connectivity index (χ4n) is 1.61. The fraction of sp³-hybridized carbons (Fsp3) is 0.750. The molecule has 1 saturated heterocycles. The van der Waals surface area contributed by atoms with Gasteiger partial charge in [0.1, 0.15) is 0 Å². The Morgan fingerprint density at radius 1 is 1.53 bits per heavy atom. The Bertz CT molecular complexity index is 240. The molecule has 0 bridgehead atoms. The first-order chi connectivity index (χ1) is 7.24. The summed E-state index contributed by atoms with van der Waals surface area (Å²) in [5.41, 5.74) is 0. The lowest BCUT2D eigenvalue weighted by Crippen LogP contribution is -2.37. The lowest BCUT2D eigenvalue weighted by Gasteiger charge is -2.18. The third-order valence-electron chi connectivity index (χ3n) is 2.41. The van der Waals surface area contributed by atoms with Gasteiger partial charge in [-0.3, -0.25) is 4.79 Å². The molecule has 3 nitrogen and oxygen atoms in total. The van der Waals surface area contributed by atoms with Gasteiger partial charge in [0.15, 0.2) is 0 Å². The molecule has 0 saturated carbocycles. The van der Waals surface area contributed by atoms with Crippen LogP contribution in [0, 0.1) is 11.8 Å². The van der Waals surface area contributed by atoms with Crippen LogP contribution in [0.15, 0.2) is 0 Å². The Hall–Kier alpha value is -1.01. The van der Waals surface area contributed by atoms with Gasteiger partial charge in [-0.2, -0.15) is 0 Å². The SMILES string of the molecule is CC.CC#CC(=O)NCC1CCCN1C. The van der Waals surface area contributed by atoms with Crippen molar-refractivity contribution in [1.82, 2.24) is 10.2 Å². The Balaban J connectivity index is 0.000000921. The van der Waals surface area contributed by atoms with Gasteiger partial charge < -0.3 is 10.2 Å². The van der Waals surface area contributed by atoms with Gasteiger partial charge in [0.25, 0.3) is 5.91 Å². The van der Waals surface area contributed by atoms with Gasteiger partial charge in [-0.25, -0.2) is 0 Å². The van der Waals surface area contributed by atoms with Crippen LogP contribution in [-0.2, 0) is 4.79 Å². The third-order valence-corrected chi connectivity index (χ3v) is 2.41. The van der Waals surface area contributed by atoms with Gasteiger partial charge in [0, 0.05) is 12.6 Å². The minimum Gasteiger partial charge on any atom is -0.344 e. The molecule has 15 heavy (non-hydrogen) atoms. The molecular formula is C12H22N2O. The molecule has 1 aliphatic heterocycles. The van der Waals surface area contributed by atoms with E-state index in [9.17, 15) is 4.79 Å². The summed E-state index contributed by atoms with van der Waals surface area (Å²) in [6, 6.07) is 0.502. The van der Waals surface area contributed by atoms with E-state index in [0.29, 0.717) is 6.04 Å². The van der Waals surface area contributed by atoms with Crippen LogP contribution in [0.25, 0.3) is 0 Å². The highest BCUT2D eigenvalue weighted by Gasteiger charge is 2.20. The second-order valence-corrected chi connectivity index (χ2v) is 3.36. The number of nitrogens with zero attached hydrogens (tertiary/aromatic N) is 1. The molecule has 1 amide bonds. The molecule has 1 heterocycles. The number of likely N-dealkylation sites (tertiary alicyclic amines) is 1. The standard InChI is InChI=1S/C10H16N2O.C2H6/c1-3-5-10(13)11-8-9-6-4-7-12(9)2;1-2/h9H,4,6-8H2,1-2H3,(H,11,13);1-2H3. The zero-order valence-electron chi connectivity index (χ0n) is 10.3. The minimum atomic E-state index is -0.164. The maximum Gasteiger partial charge on any atom is 0.295 e. The van der Waals surface area contributed by atoms with E-state index in [1.165, 1.54) is 12.8 Å². The highest BCUT2D eigenvalue weighted by atomic mass is 16.1. The normalized spacial score (nSPS) is 19.6. The fourth-order valence-corrected chi connectivity index (χ4v) is 1.61. The first kappa shape index (κ1) is 14.0. The summed E-state index contributed by atoms with van der Waals surface area (Å²) in [5, 5.41) is 2.80. The van der Waals surface area contributed by atoms with Crippen molar-refractivity contribution < 1.29 is 4.79 Å². The quantitative estimate of drug-likeness (QED) is 0.696. The van der Waals surface area contributed by atoms with Crippen LogP contribution in [0.4, 0.5) is 0 Å². The monoisotopic (exact) mass is 210 g/mol. The summed E-state index contributed by atoms with van der Waals surface area (Å²) in [7, 11) is 2.09. The van der Waals surface area contributed by atoms with E-state index in [-0.39, 0.29) is 5.91 Å². The second-order valence-electron chi connectivity index (χ2n) is 3.36. The molecule has 1 fully saturated rings. The predicted molar refractivity (Wildman–Crippen MR) is 63.5 cm³/mol. The zero-order valence-corrected chi connectivity index (χ0v) is 10.3. The molecule has 1 unspecified atom stereocenters. The van der Waals surface area contributed by atoms with Gasteiger partial charge in [-0.15, -0.1) is 0 Å². The molecule has 0 spiro atoms. The van der Waals surface area contributed by atoms with Crippen LogP contribution in [0.2, 0.25) is 0 Å². The van der Waals surface area contributed by atoms with Crippen LogP contribution >= 0.6 is 0 Å². The zero-order chi connectivity index (χ0) is 11.7. The molecule has 1 rings (SSSR count). The largest absolute Gasteiger partial charge is 0.344 e. The van der Waals surface area contributed by atoms with E-state index in [4.69, 9.17) is 0 Å². The van der Waals surface area contributed by atoms with E-state index >= 15 is 0 Å². The Labute approximate surface area is 93.2 Å². The van der Waals surface area contributed by atoms with Crippen molar-refractivity contribution in [2.24, 2.45) is 0 Å². The molecular weight excluding hydrogens is 188 g/mol. The van der Waals surface area contributed by atoms with Gasteiger partial charge in [0.2, 0.25) is 0 Å². The van der Waals surface area contributed by atoms with Gasteiger partial charge in [-0.1, -0.05) is 19.8 Å². The molecule has 1 aliphatic rings. The highest BCUT2D eigenvalue weighted by Crippen LogP contribution is 2.13. The van der Waals surface area contributed by atoms with Crippen LogP contribution in [0.3, 0.4) is 0 Å². The van der Waals surface area contributed by atoms with Crippen molar-refractivity contribution in [3.8, 4) is 11.8 Å². The number of carbonyl (C=O) groups is 1. The number of hydrogen-bond donors (Lipinski definition) is 1. The average Bonchev–Trinajstić information content (AvgIpc) is 2.65. The summed E-state index contributed by atoms with van der Waals surface area (Å²) in [4.78, 5) is 13.3. The lowest BCUT2D eigenvalue weighted by atomic mass is 10.2. The molecule has 3 heteroatoms. The molecule has 0 aromatic carbocycles. The van der Waals surface area contributed by atoms with Crippen LogP contribution in [-0.4, -0.2) is 37.0 Å². The average molecular weight is 210 g/mol. The number of nitrogens with one attached hydrogen (secondary N) is 1. The van der Waals surface area contributed by atoms with E-state index in [1.54, 1.807) is 6.92 Å². The van der Waals surface area contributed by atoms with Gasteiger partial charge in [-0.05, 0) is 39.3 Å². The first-order valence-corrected chi connectivity index (χ1v) is 5.65. The minimum absolute atomic E-state index is 0.164. The van der Waals surface area contributed by atoms with Gasteiger partial charge in [0.05, 0.1) is 0 Å². The van der Waals surface area contributed by atoms with E-state index in [2.05, 4.69) is 29.1 Å². The maximum absolute atomic E-state index is 11.0. The van der Waals surface area contributed by atoms with Crippen LogP contribution in [0.1, 0.15) is 33.6 Å².